The third-order valence-electron chi connectivity index (χ3n) is 2.60. The van der Waals surface area contributed by atoms with Crippen molar-refractivity contribution in [1.82, 2.24) is 9.36 Å². The van der Waals surface area contributed by atoms with Gasteiger partial charge in [0.25, 0.3) is 0 Å². The molecule has 4 nitrogen and oxygen atoms in total. The maximum Gasteiger partial charge on any atom is 0.205 e. The van der Waals surface area contributed by atoms with Crippen molar-refractivity contribution in [1.29, 1.82) is 0 Å². The Balaban J connectivity index is 2.06. The Morgan fingerprint density at radius 2 is 2.19 bits per heavy atom. The Labute approximate surface area is 100 Å². The van der Waals surface area contributed by atoms with Gasteiger partial charge in [0, 0.05) is 30.5 Å². The lowest BCUT2D eigenvalue weighted by Crippen LogP contribution is -2.38. The van der Waals surface area contributed by atoms with Gasteiger partial charge >= 0.3 is 0 Å². The number of hydrogen-bond acceptors (Lipinski definition) is 5. The van der Waals surface area contributed by atoms with Crippen molar-refractivity contribution in [3.05, 3.63) is 5.82 Å². The van der Waals surface area contributed by atoms with Crippen molar-refractivity contribution in [3.8, 4) is 0 Å². The van der Waals surface area contributed by atoms with Gasteiger partial charge in [-0.15, -0.1) is 0 Å². The molecule has 1 aromatic heterocycles. The molecule has 1 saturated carbocycles. The van der Waals surface area contributed by atoms with Crippen LogP contribution in [0.1, 0.15) is 45.4 Å². The maximum absolute atomic E-state index is 9.82. The van der Waals surface area contributed by atoms with Crippen LogP contribution in [0.2, 0.25) is 0 Å². The number of rotatable bonds is 5. The molecule has 0 spiro atoms. The number of aromatic nitrogens is 2. The summed E-state index contributed by atoms with van der Waals surface area (Å²) in [5.41, 5.74) is -0.693. The van der Waals surface area contributed by atoms with Crippen molar-refractivity contribution in [2.45, 2.75) is 45.1 Å². The van der Waals surface area contributed by atoms with Crippen LogP contribution in [-0.2, 0) is 0 Å². The summed E-state index contributed by atoms with van der Waals surface area (Å²) in [5.74, 6) is 1.60. The van der Waals surface area contributed by atoms with Gasteiger partial charge in [-0.05, 0) is 33.6 Å². The zero-order valence-corrected chi connectivity index (χ0v) is 10.9. The predicted octanol–water partition coefficient (Wildman–Crippen LogP) is 2.01. The van der Waals surface area contributed by atoms with Gasteiger partial charge in [0.2, 0.25) is 5.13 Å². The summed E-state index contributed by atoms with van der Waals surface area (Å²) < 4.78 is 4.38. The Morgan fingerprint density at radius 1 is 1.50 bits per heavy atom. The average molecular weight is 241 g/mol. The highest BCUT2D eigenvalue weighted by Gasteiger charge is 2.29. The van der Waals surface area contributed by atoms with Crippen LogP contribution in [-0.4, -0.2) is 33.2 Å². The summed E-state index contributed by atoms with van der Waals surface area (Å²) >= 11 is 1.44. The first kappa shape index (κ1) is 11.8. The monoisotopic (exact) mass is 241 g/mol. The lowest BCUT2D eigenvalue weighted by molar-refractivity contribution is 0.0876. The molecular formula is C11H19N3OS. The molecule has 0 unspecified atom stereocenters. The van der Waals surface area contributed by atoms with E-state index in [2.05, 4.69) is 21.2 Å². The van der Waals surface area contributed by atoms with Crippen LogP contribution in [0.25, 0.3) is 0 Å². The van der Waals surface area contributed by atoms with E-state index in [1.165, 1.54) is 24.4 Å². The van der Waals surface area contributed by atoms with Gasteiger partial charge in [0.1, 0.15) is 5.82 Å². The molecule has 1 aromatic rings. The highest BCUT2D eigenvalue weighted by Crippen LogP contribution is 2.39. The third kappa shape index (κ3) is 2.92. The zero-order valence-electron chi connectivity index (χ0n) is 10.1. The number of nitrogens with zero attached hydrogens (tertiary/aromatic N) is 3. The minimum absolute atomic E-state index is 0.600. The van der Waals surface area contributed by atoms with E-state index < -0.39 is 5.60 Å². The second-order valence-corrected chi connectivity index (χ2v) is 5.77. The first-order chi connectivity index (χ1) is 7.49. The fourth-order valence-electron chi connectivity index (χ4n) is 1.64. The summed E-state index contributed by atoms with van der Waals surface area (Å²) in [5, 5.41) is 10.8. The smallest absolute Gasteiger partial charge is 0.205 e. The molecule has 0 aromatic carbocycles. The number of likely N-dealkylation sites (N-methyl/N-ethyl adjacent to an activating group) is 1. The van der Waals surface area contributed by atoms with E-state index in [1.54, 1.807) is 0 Å². The molecule has 0 bridgehead atoms. The third-order valence-corrected chi connectivity index (χ3v) is 3.39. The Kier molecular flexibility index (Phi) is 3.17. The van der Waals surface area contributed by atoms with Crippen molar-refractivity contribution >= 4 is 16.7 Å². The summed E-state index contributed by atoms with van der Waals surface area (Å²) in [4.78, 5) is 6.64. The van der Waals surface area contributed by atoms with Crippen LogP contribution in [0.3, 0.4) is 0 Å². The van der Waals surface area contributed by atoms with Gasteiger partial charge in [0.05, 0.1) is 5.60 Å². The number of hydrogen-bond donors (Lipinski definition) is 1. The molecule has 2 rings (SSSR count). The van der Waals surface area contributed by atoms with Crippen LogP contribution in [0.4, 0.5) is 5.13 Å². The molecule has 1 N–H and O–H groups in total. The van der Waals surface area contributed by atoms with Gasteiger partial charge in [-0.25, -0.2) is 4.98 Å². The summed E-state index contributed by atoms with van der Waals surface area (Å²) in [6.07, 6.45) is 2.46. The Bertz CT molecular complexity index is 354. The highest BCUT2D eigenvalue weighted by molar-refractivity contribution is 7.09. The van der Waals surface area contributed by atoms with Crippen LogP contribution in [0, 0.1) is 0 Å². The van der Waals surface area contributed by atoms with Gasteiger partial charge < -0.3 is 10.0 Å². The van der Waals surface area contributed by atoms with E-state index in [-0.39, 0.29) is 0 Å². The lowest BCUT2D eigenvalue weighted by atomic mass is 10.1. The molecule has 0 saturated heterocycles. The largest absolute Gasteiger partial charge is 0.389 e. The molecule has 0 atom stereocenters. The normalized spacial score (nSPS) is 16.5. The summed E-state index contributed by atoms with van der Waals surface area (Å²) in [6.45, 7) is 7.16. The summed E-state index contributed by atoms with van der Waals surface area (Å²) in [6, 6.07) is 0. The topological polar surface area (TPSA) is 49.2 Å². The molecule has 1 aliphatic carbocycles. The number of anilines is 1. The van der Waals surface area contributed by atoms with Crippen LogP contribution in [0.5, 0.6) is 0 Å². The van der Waals surface area contributed by atoms with Gasteiger partial charge in [0.15, 0.2) is 0 Å². The minimum Gasteiger partial charge on any atom is -0.389 e. The van der Waals surface area contributed by atoms with E-state index in [0.29, 0.717) is 12.5 Å². The quantitative estimate of drug-likeness (QED) is 0.856. The predicted molar refractivity (Wildman–Crippen MR) is 66.1 cm³/mol. The lowest BCUT2D eigenvalue weighted by Gasteiger charge is -2.27. The molecule has 5 heteroatoms. The van der Waals surface area contributed by atoms with E-state index in [0.717, 1.165) is 17.5 Å². The fraction of sp³-hybridized carbons (Fsp3) is 0.818. The zero-order chi connectivity index (χ0) is 11.8. The van der Waals surface area contributed by atoms with E-state index in [4.69, 9.17) is 0 Å². The standard InChI is InChI=1S/C11H19N3OS/c1-4-14(7-11(2,3)15)10-12-9(13-16-10)8-5-6-8/h8,15H,4-7H2,1-3H3. The van der Waals surface area contributed by atoms with Crippen LogP contribution in [0.15, 0.2) is 0 Å². The van der Waals surface area contributed by atoms with Gasteiger partial charge in [-0.1, -0.05) is 0 Å². The molecule has 1 aliphatic rings. The van der Waals surface area contributed by atoms with E-state index in [1.807, 2.05) is 13.8 Å². The fourth-order valence-corrected chi connectivity index (χ4v) is 2.45. The number of aliphatic hydroxyl groups is 1. The molecule has 90 valence electrons. The van der Waals surface area contributed by atoms with Gasteiger partial charge in [-0.2, -0.15) is 4.37 Å². The summed E-state index contributed by atoms with van der Waals surface area (Å²) in [7, 11) is 0. The molecule has 16 heavy (non-hydrogen) atoms. The minimum atomic E-state index is -0.693. The Hall–Kier alpha value is -0.680. The van der Waals surface area contributed by atoms with E-state index in [9.17, 15) is 5.11 Å². The van der Waals surface area contributed by atoms with Crippen LogP contribution >= 0.6 is 11.5 Å². The second-order valence-electron chi connectivity index (χ2n) is 5.04. The molecule has 0 aliphatic heterocycles. The molecular weight excluding hydrogens is 222 g/mol. The SMILES string of the molecule is CCN(CC(C)(C)O)c1nc(C2CC2)ns1. The average Bonchev–Trinajstić information content (AvgIpc) is 2.92. The van der Waals surface area contributed by atoms with Crippen molar-refractivity contribution in [2.24, 2.45) is 0 Å². The first-order valence-electron chi connectivity index (χ1n) is 5.80. The first-order valence-corrected chi connectivity index (χ1v) is 6.58. The van der Waals surface area contributed by atoms with Crippen molar-refractivity contribution in [3.63, 3.8) is 0 Å². The molecule has 1 heterocycles. The van der Waals surface area contributed by atoms with Gasteiger partial charge in [-0.3, -0.25) is 0 Å². The van der Waals surface area contributed by atoms with Crippen molar-refractivity contribution < 1.29 is 5.11 Å². The second kappa shape index (κ2) is 4.30. The van der Waals surface area contributed by atoms with E-state index >= 15 is 0 Å². The molecule has 1 fully saturated rings. The molecule has 0 radical (unpaired) electrons. The maximum atomic E-state index is 9.82. The van der Waals surface area contributed by atoms with Crippen LogP contribution < -0.4 is 4.90 Å². The molecule has 0 amide bonds. The van der Waals surface area contributed by atoms with Crippen molar-refractivity contribution in [2.75, 3.05) is 18.0 Å². The highest BCUT2D eigenvalue weighted by atomic mass is 32.1. The Morgan fingerprint density at radius 3 is 2.69 bits per heavy atom.